The van der Waals surface area contributed by atoms with E-state index >= 15 is 0 Å². The number of hydrogen-bond acceptors (Lipinski definition) is 4. The molecular formula is C20H23N3O. The van der Waals surface area contributed by atoms with Crippen molar-refractivity contribution < 1.29 is 4.74 Å². The smallest absolute Gasteiger partial charge is 0.120 e. The van der Waals surface area contributed by atoms with Crippen LogP contribution in [0, 0.1) is 11.3 Å². The molecule has 3 rings (SSSR count). The Morgan fingerprint density at radius 1 is 1.12 bits per heavy atom. The van der Waals surface area contributed by atoms with Gasteiger partial charge < -0.3 is 15.4 Å². The van der Waals surface area contributed by atoms with Crippen LogP contribution in [0.15, 0.2) is 48.5 Å². The van der Waals surface area contributed by atoms with Crippen LogP contribution in [0.1, 0.15) is 35.6 Å². The van der Waals surface area contributed by atoms with Crippen LogP contribution in [-0.4, -0.2) is 24.5 Å². The van der Waals surface area contributed by atoms with Crippen LogP contribution in [0.25, 0.3) is 0 Å². The van der Waals surface area contributed by atoms with Gasteiger partial charge in [-0.15, -0.1) is 0 Å². The maximum Gasteiger partial charge on any atom is 0.120 e. The van der Waals surface area contributed by atoms with E-state index in [0.29, 0.717) is 12.2 Å². The van der Waals surface area contributed by atoms with E-state index in [1.165, 1.54) is 12.8 Å². The average Bonchev–Trinajstić information content (AvgIpc) is 3.13. The first-order valence-corrected chi connectivity index (χ1v) is 8.44. The van der Waals surface area contributed by atoms with Crippen molar-refractivity contribution in [1.82, 2.24) is 4.90 Å². The third kappa shape index (κ3) is 4.35. The molecule has 1 atom stereocenters. The fourth-order valence-corrected chi connectivity index (χ4v) is 3.03. The first-order chi connectivity index (χ1) is 11.7. The van der Waals surface area contributed by atoms with Gasteiger partial charge in [0.15, 0.2) is 0 Å². The fourth-order valence-electron chi connectivity index (χ4n) is 3.03. The van der Waals surface area contributed by atoms with Crippen molar-refractivity contribution in [2.75, 3.05) is 19.6 Å². The molecule has 4 heteroatoms. The fraction of sp³-hybridized carbons (Fsp3) is 0.350. The predicted molar refractivity (Wildman–Crippen MR) is 94.5 cm³/mol. The van der Waals surface area contributed by atoms with Crippen molar-refractivity contribution in [3.8, 4) is 11.8 Å². The Morgan fingerprint density at radius 2 is 1.88 bits per heavy atom. The third-order valence-corrected chi connectivity index (χ3v) is 4.43. The molecule has 2 N–H and O–H groups in total. The number of benzene rings is 2. The molecule has 0 saturated carbocycles. The summed E-state index contributed by atoms with van der Waals surface area (Å²) < 4.78 is 5.87. The maximum atomic E-state index is 8.82. The zero-order chi connectivity index (χ0) is 16.8. The Kier molecular flexibility index (Phi) is 5.47. The Hall–Kier alpha value is -2.35. The van der Waals surface area contributed by atoms with E-state index in [4.69, 9.17) is 15.7 Å². The van der Waals surface area contributed by atoms with Crippen LogP contribution in [0.5, 0.6) is 5.75 Å². The van der Waals surface area contributed by atoms with E-state index in [2.05, 4.69) is 17.0 Å². The lowest BCUT2D eigenvalue weighted by molar-refractivity contribution is 0.302. The van der Waals surface area contributed by atoms with Gasteiger partial charge in [-0.25, -0.2) is 0 Å². The Labute approximate surface area is 143 Å². The highest BCUT2D eigenvalue weighted by molar-refractivity contribution is 5.33. The van der Waals surface area contributed by atoms with E-state index in [0.717, 1.165) is 36.5 Å². The summed E-state index contributed by atoms with van der Waals surface area (Å²) in [6.45, 7) is 3.70. The van der Waals surface area contributed by atoms with Gasteiger partial charge >= 0.3 is 0 Å². The number of nitriles is 1. The Bertz CT molecular complexity index is 700. The highest BCUT2D eigenvalue weighted by Crippen LogP contribution is 2.21. The topological polar surface area (TPSA) is 62.3 Å². The van der Waals surface area contributed by atoms with E-state index in [1.807, 2.05) is 30.3 Å². The molecule has 124 valence electrons. The second kappa shape index (κ2) is 7.96. The van der Waals surface area contributed by atoms with Crippen molar-refractivity contribution in [2.45, 2.75) is 25.5 Å². The minimum atomic E-state index is 0.0153. The first kappa shape index (κ1) is 16.5. The van der Waals surface area contributed by atoms with Gasteiger partial charge in [-0.3, -0.25) is 0 Å². The molecule has 0 aliphatic carbocycles. The van der Waals surface area contributed by atoms with E-state index in [9.17, 15) is 0 Å². The number of ether oxygens (including phenoxy) is 1. The number of rotatable bonds is 6. The molecule has 0 bridgehead atoms. The van der Waals surface area contributed by atoms with Crippen LogP contribution >= 0.6 is 0 Å². The Morgan fingerprint density at radius 3 is 2.58 bits per heavy atom. The van der Waals surface area contributed by atoms with Crippen molar-refractivity contribution >= 4 is 0 Å². The van der Waals surface area contributed by atoms with Crippen molar-refractivity contribution in [3.05, 3.63) is 65.2 Å². The molecule has 4 nitrogen and oxygen atoms in total. The molecule has 1 aliphatic rings. The van der Waals surface area contributed by atoms with E-state index in [1.54, 1.807) is 12.1 Å². The lowest BCUT2D eigenvalue weighted by Gasteiger charge is -2.20. The molecular weight excluding hydrogens is 298 g/mol. The number of nitrogens with two attached hydrogens (primary N) is 1. The minimum absolute atomic E-state index is 0.0153. The number of likely N-dealkylation sites (tertiary alicyclic amines) is 1. The van der Waals surface area contributed by atoms with Gasteiger partial charge in [-0.1, -0.05) is 24.3 Å². The second-order valence-electron chi connectivity index (χ2n) is 6.28. The van der Waals surface area contributed by atoms with E-state index in [-0.39, 0.29) is 6.04 Å². The zero-order valence-corrected chi connectivity index (χ0v) is 13.8. The predicted octanol–water partition coefficient (Wildman–Crippen LogP) is 3.23. The minimum Gasteiger partial charge on any atom is -0.489 e. The molecule has 0 spiro atoms. The van der Waals surface area contributed by atoms with Gasteiger partial charge in [0.2, 0.25) is 0 Å². The largest absolute Gasteiger partial charge is 0.489 e. The summed E-state index contributed by atoms with van der Waals surface area (Å²) in [5.74, 6) is 0.828. The molecule has 24 heavy (non-hydrogen) atoms. The molecule has 1 unspecified atom stereocenters. The molecule has 1 fully saturated rings. The highest BCUT2D eigenvalue weighted by Gasteiger charge is 2.16. The number of hydrogen-bond donors (Lipinski definition) is 1. The van der Waals surface area contributed by atoms with Gasteiger partial charge in [0.1, 0.15) is 12.4 Å². The highest BCUT2D eigenvalue weighted by atomic mass is 16.5. The molecule has 2 aromatic rings. The summed E-state index contributed by atoms with van der Waals surface area (Å²) in [5, 5.41) is 8.82. The third-order valence-electron chi connectivity index (χ3n) is 4.43. The molecule has 1 saturated heterocycles. The van der Waals surface area contributed by atoms with E-state index < -0.39 is 0 Å². The van der Waals surface area contributed by atoms with Crippen LogP contribution in [0.2, 0.25) is 0 Å². The molecule has 0 amide bonds. The molecule has 1 heterocycles. The average molecular weight is 321 g/mol. The summed E-state index contributed by atoms with van der Waals surface area (Å²) in [6.07, 6.45) is 2.56. The first-order valence-electron chi connectivity index (χ1n) is 8.44. The SMILES string of the molecule is N#Cc1ccc(COc2cccc(C(N)CN3CCCC3)c2)cc1. The summed E-state index contributed by atoms with van der Waals surface area (Å²) in [6, 6.07) is 17.6. The molecule has 0 aromatic heterocycles. The Balaban J connectivity index is 1.58. The van der Waals surface area contributed by atoms with Gasteiger partial charge in [0.25, 0.3) is 0 Å². The lowest BCUT2D eigenvalue weighted by Crippen LogP contribution is -2.29. The monoisotopic (exact) mass is 321 g/mol. The lowest BCUT2D eigenvalue weighted by atomic mass is 10.1. The van der Waals surface area contributed by atoms with Gasteiger partial charge in [0.05, 0.1) is 11.6 Å². The number of nitrogens with zero attached hydrogens (tertiary/aromatic N) is 2. The van der Waals surface area contributed by atoms with Gasteiger partial charge in [0, 0.05) is 12.6 Å². The van der Waals surface area contributed by atoms with Crippen molar-refractivity contribution in [2.24, 2.45) is 5.73 Å². The van der Waals surface area contributed by atoms with Crippen LogP contribution < -0.4 is 10.5 Å². The van der Waals surface area contributed by atoms with Crippen LogP contribution in [-0.2, 0) is 6.61 Å². The van der Waals surface area contributed by atoms with Crippen LogP contribution in [0.4, 0.5) is 0 Å². The van der Waals surface area contributed by atoms with Gasteiger partial charge in [-0.2, -0.15) is 5.26 Å². The normalized spacial score (nSPS) is 15.8. The second-order valence-corrected chi connectivity index (χ2v) is 6.28. The van der Waals surface area contributed by atoms with Gasteiger partial charge in [-0.05, 0) is 61.3 Å². The molecule has 0 radical (unpaired) electrons. The van der Waals surface area contributed by atoms with Crippen LogP contribution in [0.3, 0.4) is 0 Å². The van der Waals surface area contributed by atoms with Crippen molar-refractivity contribution in [1.29, 1.82) is 5.26 Å². The zero-order valence-electron chi connectivity index (χ0n) is 13.8. The summed E-state index contributed by atoms with van der Waals surface area (Å²) >= 11 is 0. The molecule has 2 aromatic carbocycles. The molecule has 1 aliphatic heterocycles. The standard InChI is InChI=1S/C20H23N3O/c21-13-16-6-8-17(9-7-16)15-24-19-5-3-4-18(12-19)20(22)14-23-10-1-2-11-23/h3-9,12,20H,1-2,10-11,14-15,22H2. The summed E-state index contributed by atoms with van der Waals surface area (Å²) in [5.41, 5.74) is 9.17. The summed E-state index contributed by atoms with van der Waals surface area (Å²) in [7, 11) is 0. The quantitative estimate of drug-likeness (QED) is 0.887. The summed E-state index contributed by atoms with van der Waals surface area (Å²) in [4.78, 5) is 2.43. The maximum absolute atomic E-state index is 8.82. The van der Waals surface area contributed by atoms with Crippen molar-refractivity contribution in [3.63, 3.8) is 0 Å².